The topological polar surface area (TPSA) is 92.5 Å². The van der Waals surface area contributed by atoms with E-state index in [1.165, 1.54) is 16.7 Å². The normalized spacial score (nSPS) is 19.2. The Kier molecular flexibility index (Phi) is 8.95. The van der Waals surface area contributed by atoms with Crippen molar-refractivity contribution in [2.45, 2.75) is 51.5 Å². The van der Waals surface area contributed by atoms with Gasteiger partial charge in [-0.2, -0.15) is 11.3 Å². The van der Waals surface area contributed by atoms with Gasteiger partial charge in [-0.3, -0.25) is 9.69 Å². The molecule has 1 amide bonds. The quantitative estimate of drug-likeness (QED) is 0.237. The molecule has 2 aromatic heterocycles. The van der Waals surface area contributed by atoms with Crippen LogP contribution in [0, 0.1) is 6.92 Å². The van der Waals surface area contributed by atoms with Crippen LogP contribution in [0.1, 0.15) is 46.3 Å². The molecule has 2 aliphatic rings. The minimum absolute atomic E-state index is 0.0339. The van der Waals surface area contributed by atoms with Gasteiger partial charge >= 0.3 is 0 Å². The average Bonchev–Trinajstić information content (AvgIpc) is 3.66. The maximum absolute atomic E-state index is 13.3. The SMILES string of the molecule is Cc1cscc1-c1cnc(N)c(C(=O)N[C@H]2CCC[C@@H]2OCc2ccc(-c3ccc(CN4CCNCC4)cc3)cc2)c1. The first-order valence-corrected chi connectivity index (χ1v) is 15.8. The molecule has 2 aromatic carbocycles. The molecule has 0 spiro atoms. The molecule has 2 atom stereocenters. The standard InChI is InChI=1S/C34H39N5O2S/c1-23-21-42-22-30(23)28-17-29(33(35)37-18-28)34(40)38-31-3-2-4-32(31)41-20-25-7-11-27(12-8-25)26-9-5-24(6-10-26)19-39-15-13-36-14-16-39/h5-12,17-18,21-22,31-32,36H,2-4,13-16,19-20H2,1H3,(H2,35,37)(H,38,40)/t31-,32-/m0/s1. The van der Waals surface area contributed by atoms with E-state index in [0.29, 0.717) is 12.2 Å². The number of hydrogen-bond donors (Lipinski definition) is 3. The first-order chi connectivity index (χ1) is 20.5. The largest absolute Gasteiger partial charge is 0.383 e. The van der Waals surface area contributed by atoms with Crippen LogP contribution >= 0.6 is 11.3 Å². The summed E-state index contributed by atoms with van der Waals surface area (Å²) in [5.41, 5.74) is 14.6. The minimum atomic E-state index is -0.196. The lowest BCUT2D eigenvalue weighted by atomic mass is 10.0. The number of benzene rings is 2. The van der Waals surface area contributed by atoms with Gasteiger partial charge in [0.2, 0.25) is 0 Å². The molecule has 0 radical (unpaired) electrons. The molecule has 4 aromatic rings. The van der Waals surface area contributed by atoms with Gasteiger partial charge in [0.05, 0.1) is 24.3 Å². The highest BCUT2D eigenvalue weighted by molar-refractivity contribution is 7.08. The van der Waals surface area contributed by atoms with Crippen LogP contribution in [0.25, 0.3) is 22.3 Å². The summed E-state index contributed by atoms with van der Waals surface area (Å²) in [6, 6.07) is 19.3. The van der Waals surface area contributed by atoms with E-state index in [2.05, 4.69) is 86.7 Å². The molecule has 7 nitrogen and oxygen atoms in total. The average molecular weight is 582 g/mol. The lowest BCUT2D eigenvalue weighted by Crippen LogP contribution is -2.42. The first-order valence-electron chi connectivity index (χ1n) is 14.9. The van der Waals surface area contributed by atoms with Crippen LogP contribution in [0.2, 0.25) is 0 Å². The number of aryl methyl sites for hydroxylation is 1. The van der Waals surface area contributed by atoms with Crippen LogP contribution in [0.3, 0.4) is 0 Å². The van der Waals surface area contributed by atoms with E-state index < -0.39 is 0 Å². The van der Waals surface area contributed by atoms with Crippen LogP contribution in [0.4, 0.5) is 5.82 Å². The van der Waals surface area contributed by atoms with E-state index in [4.69, 9.17) is 10.5 Å². The zero-order valence-corrected chi connectivity index (χ0v) is 25.0. The molecular formula is C34H39N5O2S. The highest BCUT2D eigenvalue weighted by Gasteiger charge is 2.30. The van der Waals surface area contributed by atoms with Crippen LogP contribution < -0.4 is 16.4 Å². The number of aromatic nitrogens is 1. The zero-order chi connectivity index (χ0) is 28.9. The van der Waals surface area contributed by atoms with Gasteiger partial charge in [0, 0.05) is 44.5 Å². The maximum Gasteiger partial charge on any atom is 0.255 e. The number of carbonyl (C=O) groups is 1. The number of pyridine rings is 1. The van der Waals surface area contributed by atoms with Crippen molar-refractivity contribution in [3.8, 4) is 22.3 Å². The predicted molar refractivity (Wildman–Crippen MR) is 170 cm³/mol. The third-order valence-electron chi connectivity index (χ3n) is 8.42. The molecule has 1 aliphatic heterocycles. The number of thiophene rings is 1. The number of nitrogen functional groups attached to an aromatic ring is 1. The zero-order valence-electron chi connectivity index (χ0n) is 24.1. The molecule has 1 aliphatic carbocycles. The van der Waals surface area contributed by atoms with Crippen LogP contribution in [0.15, 0.2) is 71.6 Å². The smallest absolute Gasteiger partial charge is 0.255 e. The monoisotopic (exact) mass is 581 g/mol. The van der Waals surface area contributed by atoms with E-state index in [9.17, 15) is 4.79 Å². The Balaban J connectivity index is 1.03. The second kappa shape index (κ2) is 13.2. The van der Waals surface area contributed by atoms with Crippen LogP contribution in [-0.4, -0.2) is 54.1 Å². The fourth-order valence-electron chi connectivity index (χ4n) is 5.92. The lowest BCUT2D eigenvalue weighted by molar-refractivity contribution is 0.0272. The van der Waals surface area contributed by atoms with E-state index >= 15 is 0 Å². The number of hydrogen-bond acceptors (Lipinski definition) is 7. The van der Waals surface area contributed by atoms with Crippen molar-refractivity contribution in [2.75, 3.05) is 31.9 Å². The summed E-state index contributed by atoms with van der Waals surface area (Å²) in [4.78, 5) is 20.1. The third-order valence-corrected chi connectivity index (χ3v) is 9.28. The number of nitrogens with two attached hydrogens (primary N) is 1. The van der Waals surface area contributed by atoms with E-state index in [0.717, 1.165) is 74.2 Å². The summed E-state index contributed by atoms with van der Waals surface area (Å²) >= 11 is 1.64. The van der Waals surface area contributed by atoms with Gasteiger partial charge in [-0.25, -0.2) is 4.98 Å². The Hall–Kier alpha value is -3.56. The summed E-state index contributed by atoms with van der Waals surface area (Å²) < 4.78 is 6.33. The molecule has 4 N–H and O–H groups in total. The molecule has 2 fully saturated rings. The molecule has 3 heterocycles. The van der Waals surface area contributed by atoms with Crippen molar-refractivity contribution in [2.24, 2.45) is 0 Å². The van der Waals surface area contributed by atoms with Gasteiger partial charge in [0.25, 0.3) is 5.91 Å². The molecule has 218 valence electrons. The second-order valence-corrected chi connectivity index (χ2v) is 12.1. The van der Waals surface area contributed by atoms with E-state index in [-0.39, 0.29) is 23.9 Å². The molecule has 6 rings (SSSR count). The van der Waals surface area contributed by atoms with Crippen molar-refractivity contribution in [1.82, 2.24) is 20.5 Å². The predicted octanol–water partition coefficient (Wildman–Crippen LogP) is 5.64. The van der Waals surface area contributed by atoms with Gasteiger partial charge in [-0.1, -0.05) is 48.5 Å². The molecule has 42 heavy (non-hydrogen) atoms. The number of nitrogens with one attached hydrogen (secondary N) is 2. The molecule has 1 saturated carbocycles. The van der Waals surface area contributed by atoms with Crippen molar-refractivity contribution in [1.29, 1.82) is 0 Å². The molecular weight excluding hydrogens is 542 g/mol. The van der Waals surface area contributed by atoms with E-state index in [1.54, 1.807) is 17.5 Å². The van der Waals surface area contributed by atoms with E-state index in [1.807, 2.05) is 6.07 Å². The van der Waals surface area contributed by atoms with Crippen LogP contribution in [0.5, 0.6) is 0 Å². The van der Waals surface area contributed by atoms with Gasteiger partial charge in [-0.05, 0) is 76.4 Å². The van der Waals surface area contributed by atoms with Crippen LogP contribution in [-0.2, 0) is 17.9 Å². The first kappa shape index (κ1) is 28.6. The van der Waals surface area contributed by atoms with Gasteiger partial charge in [0.1, 0.15) is 5.82 Å². The Morgan fingerprint density at radius 2 is 1.74 bits per heavy atom. The minimum Gasteiger partial charge on any atom is -0.383 e. The number of nitrogens with zero attached hydrogens (tertiary/aromatic N) is 2. The Morgan fingerprint density at radius 1 is 1.02 bits per heavy atom. The third kappa shape index (κ3) is 6.73. The van der Waals surface area contributed by atoms with Gasteiger partial charge in [0.15, 0.2) is 0 Å². The number of ether oxygens (including phenoxy) is 1. The molecule has 0 bridgehead atoms. The second-order valence-electron chi connectivity index (χ2n) is 11.4. The maximum atomic E-state index is 13.3. The Labute approximate surface area is 252 Å². The molecule has 1 saturated heterocycles. The highest BCUT2D eigenvalue weighted by Crippen LogP contribution is 2.29. The van der Waals surface area contributed by atoms with Gasteiger partial charge in [-0.15, -0.1) is 0 Å². The Bertz CT molecular complexity index is 1500. The van der Waals surface area contributed by atoms with Crippen molar-refractivity contribution in [3.63, 3.8) is 0 Å². The highest BCUT2D eigenvalue weighted by atomic mass is 32.1. The molecule has 0 unspecified atom stereocenters. The number of anilines is 1. The number of amides is 1. The Morgan fingerprint density at radius 3 is 2.43 bits per heavy atom. The number of rotatable bonds is 9. The van der Waals surface area contributed by atoms with Crippen molar-refractivity contribution in [3.05, 3.63) is 93.8 Å². The summed E-state index contributed by atoms with van der Waals surface area (Å²) in [5.74, 6) is 0.0485. The summed E-state index contributed by atoms with van der Waals surface area (Å²) in [5, 5.41) is 10.8. The van der Waals surface area contributed by atoms with Crippen molar-refractivity contribution < 1.29 is 9.53 Å². The fraction of sp³-hybridized carbons (Fsp3) is 0.353. The van der Waals surface area contributed by atoms with Gasteiger partial charge < -0.3 is 21.1 Å². The fourth-order valence-corrected chi connectivity index (χ4v) is 6.78. The molecule has 8 heteroatoms. The number of piperazine rings is 1. The number of carbonyl (C=O) groups excluding carboxylic acids is 1. The summed E-state index contributed by atoms with van der Waals surface area (Å²) in [6.07, 6.45) is 4.52. The lowest BCUT2D eigenvalue weighted by Gasteiger charge is -2.27. The summed E-state index contributed by atoms with van der Waals surface area (Å²) in [7, 11) is 0. The summed E-state index contributed by atoms with van der Waals surface area (Å²) in [6.45, 7) is 7.93. The van der Waals surface area contributed by atoms with Crippen molar-refractivity contribution >= 4 is 23.1 Å².